The highest BCUT2D eigenvalue weighted by atomic mass is 28.4. The second-order valence-electron chi connectivity index (χ2n) is 13.1. The molecule has 0 heterocycles. The lowest BCUT2D eigenvalue weighted by Gasteiger charge is -2.43. The molecule has 0 aliphatic rings. The van der Waals surface area contributed by atoms with Crippen LogP contribution >= 0.6 is 0 Å². The molecule has 39 heavy (non-hydrogen) atoms. The largest absolute Gasteiger partial charge is 0.410 e. The Morgan fingerprint density at radius 3 is 1.79 bits per heavy atom. The van der Waals surface area contributed by atoms with Gasteiger partial charge in [-0.05, 0) is 52.8 Å². The van der Waals surface area contributed by atoms with Gasteiger partial charge in [-0.25, -0.2) is 0 Å². The lowest BCUT2D eigenvalue weighted by atomic mass is 10.1. The first kappa shape index (κ1) is 33.7. The van der Waals surface area contributed by atoms with Crippen molar-refractivity contribution in [2.24, 2.45) is 0 Å². The molecule has 0 unspecified atom stereocenters. The molecule has 0 saturated heterocycles. The quantitative estimate of drug-likeness (QED) is 0.0897. The van der Waals surface area contributed by atoms with E-state index in [2.05, 4.69) is 122 Å². The smallest absolute Gasteiger partial charge is 0.261 e. The SMILES string of the molecule is C=C[C@@H](C[C@H](CCCCO[Si](c1ccccc1)(c1ccccc1)C(C)(C)C)OCOC)O[Si](C)(C)C(C)(C)C. The Bertz CT molecular complexity index is 925. The van der Waals surface area contributed by atoms with E-state index in [4.69, 9.17) is 18.3 Å². The Morgan fingerprint density at radius 1 is 0.821 bits per heavy atom. The third-order valence-electron chi connectivity index (χ3n) is 8.09. The minimum Gasteiger partial charge on any atom is -0.410 e. The van der Waals surface area contributed by atoms with E-state index < -0.39 is 16.6 Å². The standard InChI is InChI=1S/C33H54O4Si2/c1-11-28(37-38(9,10)32(2,3)4)26-29(35-27-34-8)20-18-19-25-36-39(33(5,6)7,30-21-14-12-15-22-30)31-23-16-13-17-24-31/h11-17,21-24,28-29H,1,18-20,25-27H2,2-10H3/t28-,29-/m0/s1. The molecule has 6 heteroatoms. The van der Waals surface area contributed by atoms with Crippen molar-refractivity contribution < 1.29 is 18.3 Å². The maximum atomic E-state index is 7.07. The van der Waals surface area contributed by atoms with Crippen LogP contribution in [0.2, 0.25) is 23.2 Å². The zero-order valence-corrected chi connectivity index (χ0v) is 28.1. The van der Waals surface area contributed by atoms with Crippen molar-refractivity contribution in [2.45, 2.75) is 103 Å². The van der Waals surface area contributed by atoms with Crippen LogP contribution in [0.3, 0.4) is 0 Å². The van der Waals surface area contributed by atoms with E-state index in [9.17, 15) is 0 Å². The molecule has 0 fully saturated rings. The number of methoxy groups -OCH3 is 1. The third-order valence-corrected chi connectivity index (χ3v) is 17.6. The van der Waals surface area contributed by atoms with Crippen LogP contribution < -0.4 is 10.4 Å². The van der Waals surface area contributed by atoms with Gasteiger partial charge in [0.2, 0.25) is 0 Å². The molecule has 2 rings (SSSR count). The molecule has 0 radical (unpaired) electrons. The number of ether oxygens (including phenoxy) is 2. The molecule has 2 aromatic rings. The van der Waals surface area contributed by atoms with E-state index in [1.54, 1.807) is 7.11 Å². The summed E-state index contributed by atoms with van der Waals surface area (Å²) in [7, 11) is -2.74. The molecule has 0 N–H and O–H groups in total. The van der Waals surface area contributed by atoms with Gasteiger partial charge >= 0.3 is 0 Å². The lowest BCUT2D eigenvalue weighted by Crippen LogP contribution is -2.66. The van der Waals surface area contributed by atoms with E-state index in [0.717, 1.165) is 32.3 Å². The van der Waals surface area contributed by atoms with Gasteiger partial charge in [0.25, 0.3) is 8.32 Å². The van der Waals surface area contributed by atoms with E-state index >= 15 is 0 Å². The van der Waals surface area contributed by atoms with Crippen LogP contribution in [0.4, 0.5) is 0 Å². The first-order valence-electron chi connectivity index (χ1n) is 14.4. The average molecular weight is 571 g/mol. The summed E-state index contributed by atoms with van der Waals surface area (Å²) in [6.07, 6.45) is 5.66. The van der Waals surface area contributed by atoms with Gasteiger partial charge in [0, 0.05) is 20.1 Å². The fourth-order valence-corrected chi connectivity index (χ4v) is 10.8. The molecule has 0 aliphatic heterocycles. The maximum Gasteiger partial charge on any atom is 0.261 e. The Labute approximate surface area is 241 Å². The zero-order chi connectivity index (χ0) is 29.2. The number of hydrogen-bond acceptors (Lipinski definition) is 4. The molecule has 218 valence electrons. The van der Waals surface area contributed by atoms with Crippen LogP contribution in [0, 0.1) is 0 Å². The third kappa shape index (κ3) is 9.23. The Balaban J connectivity index is 2.11. The van der Waals surface area contributed by atoms with Crippen LogP contribution in [0.1, 0.15) is 67.2 Å². The summed E-state index contributed by atoms with van der Waals surface area (Å²) in [5, 5.41) is 2.77. The summed E-state index contributed by atoms with van der Waals surface area (Å²) < 4.78 is 25.1. The first-order valence-corrected chi connectivity index (χ1v) is 19.3. The second-order valence-corrected chi connectivity index (χ2v) is 22.2. The van der Waals surface area contributed by atoms with E-state index in [1.165, 1.54) is 10.4 Å². The van der Waals surface area contributed by atoms with Crippen LogP contribution in [0.15, 0.2) is 73.3 Å². The van der Waals surface area contributed by atoms with Crippen LogP contribution in [-0.2, 0) is 18.3 Å². The molecular formula is C33H54O4Si2. The number of benzene rings is 2. The molecule has 0 bridgehead atoms. The Kier molecular flexibility index (Phi) is 12.9. The van der Waals surface area contributed by atoms with Gasteiger partial charge in [-0.3, -0.25) is 0 Å². The second kappa shape index (κ2) is 14.9. The number of rotatable bonds is 16. The summed E-state index contributed by atoms with van der Waals surface area (Å²) in [5.74, 6) is 0. The van der Waals surface area contributed by atoms with Crippen molar-refractivity contribution >= 4 is 27.0 Å². The highest BCUT2D eigenvalue weighted by Gasteiger charge is 2.50. The predicted molar refractivity (Wildman–Crippen MR) is 171 cm³/mol. The predicted octanol–water partition coefficient (Wildman–Crippen LogP) is 7.69. The van der Waals surface area contributed by atoms with Gasteiger partial charge in [0.05, 0.1) is 12.2 Å². The van der Waals surface area contributed by atoms with Crippen molar-refractivity contribution in [3.05, 3.63) is 73.3 Å². The minimum atomic E-state index is -2.50. The van der Waals surface area contributed by atoms with Crippen LogP contribution in [0.5, 0.6) is 0 Å². The summed E-state index contributed by atoms with van der Waals surface area (Å²) >= 11 is 0. The fraction of sp³-hybridized carbons (Fsp3) is 0.576. The Morgan fingerprint density at radius 2 is 1.36 bits per heavy atom. The highest BCUT2D eigenvalue weighted by Crippen LogP contribution is 2.38. The fourth-order valence-electron chi connectivity index (χ4n) is 4.90. The molecule has 0 aromatic heterocycles. The normalized spacial score (nSPS) is 14.7. The van der Waals surface area contributed by atoms with Crippen LogP contribution in [-0.4, -0.2) is 49.4 Å². The number of hydrogen-bond donors (Lipinski definition) is 0. The highest BCUT2D eigenvalue weighted by molar-refractivity contribution is 6.99. The summed E-state index contributed by atoms with van der Waals surface area (Å²) in [5.41, 5.74) is 0. The molecule has 2 aromatic carbocycles. The first-order chi connectivity index (χ1) is 18.3. The zero-order valence-electron chi connectivity index (χ0n) is 26.1. The molecule has 0 aliphatic carbocycles. The molecule has 4 nitrogen and oxygen atoms in total. The summed E-state index contributed by atoms with van der Waals surface area (Å²) in [4.78, 5) is 0. The summed E-state index contributed by atoms with van der Waals surface area (Å²) in [6.45, 7) is 23.4. The monoisotopic (exact) mass is 570 g/mol. The lowest BCUT2D eigenvalue weighted by molar-refractivity contribution is -0.0836. The molecule has 0 spiro atoms. The molecule has 0 saturated carbocycles. The van der Waals surface area contributed by atoms with Crippen molar-refractivity contribution in [1.82, 2.24) is 0 Å². The van der Waals surface area contributed by atoms with Gasteiger partial charge < -0.3 is 18.3 Å². The minimum absolute atomic E-state index is 0.0158. The summed E-state index contributed by atoms with van der Waals surface area (Å²) in [6, 6.07) is 21.7. The van der Waals surface area contributed by atoms with Crippen LogP contribution in [0.25, 0.3) is 0 Å². The van der Waals surface area contributed by atoms with Crippen molar-refractivity contribution in [3.8, 4) is 0 Å². The average Bonchev–Trinajstić information content (AvgIpc) is 2.88. The van der Waals surface area contributed by atoms with Gasteiger partial charge in [-0.2, -0.15) is 0 Å². The molecule has 2 atom stereocenters. The van der Waals surface area contributed by atoms with Gasteiger partial charge in [0.1, 0.15) is 6.79 Å². The van der Waals surface area contributed by atoms with E-state index in [-0.39, 0.29) is 29.1 Å². The number of unbranched alkanes of at least 4 members (excludes halogenated alkanes) is 1. The molecule has 0 amide bonds. The van der Waals surface area contributed by atoms with E-state index in [1.807, 2.05) is 6.08 Å². The topological polar surface area (TPSA) is 36.9 Å². The van der Waals surface area contributed by atoms with Gasteiger partial charge in [-0.1, -0.05) is 108 Å². The Hall–Kier alpha value is -1.55. The van der Waals surface area contributed by atoms with Gasteiger partial charge in [0.15, 0.2) is 8.32 Å². The van der Waals surface area contributed by atoms with Crippen molar-refractivity contribution in [1.29, 1.82) is 0 Å². The maximum absolute atomic E-state index is 7.07. The molecular weight excluding hydrogens is 517 g/mol. The van der Waals surface area contributed by atoms with E-state index in [0.29, 0.717) is 0 Å². The van der Waals surface area contributed by atoms with Gasteiger partial charge in [-0.15, -0.1) is 6.58 Å². The van der Waals surface area contributed by atoms with Crippen molar-refractivity contribution in [3.63, 3.8) is 0 Å². The van der Waals surface area contributed by atoms with Crippen molar-refractivity contribution in [2.75, 3.05) is 20.5 Å².